The van der Waals surface area contributed by atoms with Gasteiger partial charge in [0.1, 0.15) is 5.69 Å². The van der Waals surface area contributed by atoms with Crippen molar-refractivity contribution >= 4 is 38.2 Å². The number of aromatic nitrogens is 3. The second-order valence-electron chi connectivity index (χ2n) is 9.29. The lowest BCUT2D eigenvalue weighted by atomic mass is 10.1. The Labute approximate surface area is 251 Å². The maximum absolute atomic E-state index is 14.3. The normalized spacial score (nSPS) is 18.9. The molecule has 3 aromatic heterocycles. The lowest BCUT2D eigenvalue weighted by molar-refractivity contribution is 0.0121. The summed E-state index contributed by atoms with van der Waals surface area (Å²) in [5.41, 5.74) is -2.64. The van der Waals surface area contributed by atoms with Crippen LogP contribution in [0.15, 0.2) is 53.6 Å². The molecule has 1 N–H and O–H groups in total. The van der Waals surface area contributed by atoms with Gasteiger partial charge in [-0.15, -0.1) is 0 Å². The molecular formula is C28H24ClF3N4O5S. The molecule has 14 heteroatoms. The van der Waals surface area contributed by atoms with E-state index in [1.54, 1.807) is 6.07 Å². The van der Waals surface area contributed by atoms with Gasteiger partial charge in [-0.25, -0.2) is 22.8 Å². The van der Waals surface area contributed by atoms with Crippen molar-refractivity contribution in [1.29, 1.82) is 0 Å². The first-order valence-electron chi connectivity index (χ1n) is 14.7. The van der Waals surface area contributed by atoms with Gasteiger partial charge in [0, 0.05) is 38.8 Å². The number of fused-ring (bicyclic) bond motifs is 2. The third-order valence-electron chi connectivity index (χ3n) is 6.35. The summed E-state index contributed by atoms with van der Waals surface area (Å²) in [5.74, 6) is -4.91. The second kappa shape index (κ2) is 11.5. The van der Waals surface area contributed by atoms with Crippen molar-refractivity contribution in [3.05, 3.63) is 76.2 Å². The summed E-state index contributed by atoms with van der Waals surface area (Å²) in [7, 11) is -4.46. The summed E-state index contributed by atoms with van der Waals surface area (Å²) in [6.07, 6.45) is 1.44. The van der Waals surface area contributed by atoms with Crippen LogP contribution in [0.3, 0.4) is 0 Å². The van der Waals surface area contributed by atoms with Crippen molar-refractivity contribution in [2.24, 2.45) is 0 Å². The van der Waals surface area contributed by atoms with E-state index >= 15 is 0 Å². The molecule has 0 spiro atoms. The molecular weight excluding hydrogens is 597 g/mol. The lowest BCUT2D eigenvalue weighted by Crippen LogP contribution is -2.24. The van der Waals surface area contributed by atoms with Gasteiger partial charge < -0.3 is 14.8 Å². The number of pyridine rings is 3. The van der Waals surface area contributed by atoms with Gasteiger partial charge in [-0.1, -0.05) is 11.6 Å². The van der Waals surface area contributed by atoms with Crippen LogP contribution >= 0.6 is 11.6 Å². The molecule has 42 heavy (non-hydrogen) atoms. The molecule has 1 aromatic carbocycles. The number of ether oxygens (including phenoxy) is 2. The number of sulfone groups is 1. The van der Waals surface area contributed by atoms with Crippen LogP contribution in [0.1, 0.15) is 47.9 Å². The molecule has 220 valence electrons. The molecule has 0 bridgehead atoms. The topological polar surface area (TPSA) is 120 Å². The zero-order valence-corrected chi connectivity index (χ0v) is 23.2. The van der Waals surface area contributed by atoms with Crippen molar-refractivity contribution in [1.82, 2.24) is 20.3 Å². The highest BCUT2D eigenvalue weighted by atomic mass is 35.5. The molecule has 0 unspecified atom stereocenters. The van der Waals surface area contributed by atoms with E-state index in [-0.39, 0.29) is 46.3 Å². The highest BCUT2D eigenvalue weighted by Gasteiger charge is 2.34. The van der Waals surface area contributed by atoms with Gasteiger partial charge in [-0.05, 0) is 49.3 Å². The maximum atomic E-state index is 14.3. The number of benzene rings is 1. The summed E-state index contributed by atoms with van der Waals surface area (Å²) >= 11 is 6.22. The zero-order chi connectivity index (χ0) is 34.5. The number of alkyl halides is 3. The molecule has 1 aliphatic heterocycles. The van der Waals surface area contributed by atoms with Gasteiger partial charge in [-0.3, -0.25) is 9.78 Å². The van der Waals surface area contributed by atoms with Crippen LogP contribution in [-0.4, -0.2) is 47.9 Å². The van der Waals surface area contributed by atoms with Crippen LogP contribution in [0.25, 0.3) is 22.2 Å². The number of amides is 1. The number of nitrogens with zero attached hydrogens (tertiary/aromatic N) is 3. The predicted molar refractivity (Wildman–Crippen MR) is 148 cm³/mol. The maximum Gasteiger partial charge on any atom is 0.287 e. The number of carbonyl (C=O) groups excluding carboxylic acids is 1. The number of rotatable bonds is 7. The van der Waals surface area contributed by atoms with Gasteiger partial charge in [0.15, 0.2) is 0 Å². The first kappa shape index (κ1) is 23.7. The van der Waals surface area contributed by atoms with Gasteiger partial charge in [0.25, 0.3) is 11.8 Å². The van der Waals surface area contributed by atoms with Crippen molar-refractivity contribution in [3.8, 4) is 17.1 Å². The quantitative estimate of drug-likeness (QED) is 0.290. The average Bonchev–Trinajstić information content (AvgIpc) is 3.09. The molecule has 0 saturated heterocycles. The Kier molecular flexibility index (Phi) is 6.47. The lowest BCUT2D eigenvalue weighted by Gasteiger charge is -2.14. The Morgan fingerprint density at radius 1 is 1.26 bits per heavy atom. The summed E-state index contributed by atoms with van der Waals surface area (Å²) in [4.78, 5) is 25.0. The molecule has 0 radical (unpaired) electrons. The van der Waals surface area contributed by atoms with E-state index in [4.69, 9.17) is 27.9 Å². The first-order valence-corrected chi connectivity index (χ1v) is 14.1. The first-order chi connectivity index (χ1) is 21.8. The Morgan fingerprint density at radius 3 is 2.83 bits per heavy atom. The number of hydrogen-bond acceptors (Lipinski definition) is 8. The SMILES string of the molecule is [2H]C([2H])([2H])C([2H])([2H])Oc1nc(C(C)(F)F)ccc1-c1ccc2cnc(CNC(=O)c3cc(Cl)c4c(c3)S(=O)(=O)[C@@H](F)COC4)cc2n1. The summed E-state index contributed by atoms with van der Waals surface area (Å²) in [5, 5.41) is 3.00. The largest absolute Gasteiger partial charge is 0.477 e. The fourth-order valence-electron chi connectivity index (χ4n) is 4.20. The third-order valence-corrected chi connectivity index (χ3v) is 8.47. The van der Waals surface area contributed by atoms with E-state index in [2.05, 4.69) is 20.3 Å². The van der Waals surface area contributed by atoms with Gasteiger partial charge in [-0.2, -0.15) is 8.78 Å². The minimum Gasteiger partial charge on any atom is -0.477 e. The van der Waals surface area contributed by atoms with Crippen molar-refractivity contribution in [2.45, 2.75) is 43.2 Å². The number of halogens is 4. The standard InChI is InChI=1S/C28H24ClF3N4O5S/c1-3-41-27-18(5-7-24(36-27)28(2,31)32)21-6-4-15-11-33-17(10-22(15)35-21)12-34-26(37)16-8-20(29)19-13-40-14-25(30)42(38,39)23(19)9-16/h4-11,25H,3,12-14H2,1-2H3,(H,34,37)/t25-/m1/s1/i1D3,3D2. The van der Waals surface area contributed by atoms with Crippen LogP contribution in [0.5, 0.6) is 5.88 Å². The summed E-state index contributed by atoms with van der Waals surface area (Å²) < 4.78 is 116. The van der Waals surface area contributed by atoms with E-state index in [1.165, 1.54) is 24.4 Å². The Balaban J connectivity index is 1.44. The Bertz CT molecular complexity index is 2000. The van der Waals surface area contributed by atoms with Crippen LogP contribution in [0.2, 0.25) is 5.02 Å². The van der Waals surface area contributed by atoms with E-state index in [0.29, 0.717) is 17.8 Å². The van der Waals surface area contributed by atoms with Gasteiger partial charge >= 0.3 is 0 Å². The molecule has 5 rings (SSSR count). The van der Waals surface area contributed by atoms with Crippen LogP contribution in [0, 0.1) is 0 Å². The Morgan fingerprint density at radius 2 is 2.07 bits per heavy atom. The minimum atomic E-state index is -4.46. The molecule has 1 atom stereocenters. The molecule has 0 saturated carbocycles. The number of carbonyl (C=O) groups is 1. The highest BCUT2D eigenvalue weighted by Crippen LogP contribution is 2.34. The van der Waals surface area contributed by atoms with Crippen LogP contribution in [-0.2, 0) is 33.6 Å². The Hall–Kier alpha value is -3.81. The van der Waals surface area contributed by atoms with E-state index in [0.717, 1.165) is 18.2 Å². The number of nitrogens with one attached hydrogen (secondary N) is 1. The van der Waals surface area contributed by atoms with Gasteiger partial charge in [0.05, 0.1) is 56.4 Å². The van der Waals surface area contributed by atoms with Crippen molar-refractivity contribution in [3.63, 3.8) is 0 Å². The fourth-order valence-corrected chi connectivity index (χ4v) is 5.89. The molecule has 0 fully saturated rings. The van der Waals surface area contributed by atoms with Crippen LogP contribution in [0.4, 0.5) is 13.2 Å². The average molecular weight is 626 g/mol. The second-order valence-corrected chi connectivity index (χ2v) is 11.7. The monoisotopic (exact) mass is 625 g/mol. The van der Waals surface area contributed by atoms with Crippen molar-refractivity contribution < 1.29 is 42.7 Å². The smallest absolute Gasteiger partial charge is 0.287 e. The molecule has 4 aromatic rings. The predicted octanol–water partition coefficient (Wildman–Crippen LogP) is 5.39. The zero-order valence-electron chi connectivity index (χ0n) is 26.6. The van der Waals surface area contributed by atoms with E-state index in [9.17, 15) is 26.4 Å². The summed E-state index contributed by atoms with van der Waals surface area (Å²) in [6.45, 7) is -7.10. The highest BCUT2D eigenvalue weighted by molar-refractivity contribution is 7.92. The summed E-state index contributed by atoms with van der Waals surface area (Å²) in [6, 6.07) is 8.90. The number of hydrogen-bond donors (Lipinski definition) is 1. The molecule has 4 heterocycles. The molecule has 1 aliphatic rings. The molecule has 0 aliphatic carbocycles. The fraction of sp³-hybridized carbons (Fsp3) is 0.286. The van der Waals surface area contributed by atoms with Gasteiger partial charge in [0.2, 0.25) is 21.2 Å². The minimum absolute atomic E-state index is 0.0396. The van der Waals surface area contributed by atoms with E-state index in [1.807, 2.05) is 0 Å². The van der Waals surface area contributed by atoms with Crippen LogP contribution < -0.4 is 10.1 Å². The van der Waals surface area contributed by atoms with E-state index < -0.39 is 63.7 Å². The van der Waals surface area contributed by atoms with Crippen molar-refractivity contribution in [2.75, 3.05) is 13.2 Å². The molecule has 1 amide bonds. The molecule has 9 nitrogen and oxygen atoms in total. The third kappa shape index (κ3) is 5.90.